The van der Waals surface area contributed by atoms with Crippen molar-refractivity contribution in [3.05, 3.63) is 48.3 Å². The van der Waals surface area contributed by atoms with Gasteiger partial charge in [-0.3, -0.25) is 4.68 Å². The molecule has 0 bridgehead atoms. The minimum absolute atomic E-state index is 0.151. The molecule has 2 heterocycles. The zero-order valence-electron chi connectivity index (χ0n) is 19.8. The summed E-state index contributed by atoms with van der Waals surface area (Å²) in [4.78, 5) is 15.0. The molecule has 1 aliphatic carbocycles. The minimum Gasteiger partial charge on any atom is -0.444 e. The van der Waals surface area contributed by atoms with E-state index in [-0.39, 0.29) is 12.1 Å². The van der Waals surface area contributed by atoms with Crippen LogP contribution in [0.5, 0.6) is 0 Å². The number of likely N-dealkylation sites (tertiary alicyclic amines) is 1. The number of anilines is 1. The Bertz CT molecular complexity index is 873. The number of nitrogens with zero attached hydrogens (tertiary/aromatic N) is 3. The van der Waals surface area contributed by atoms with Crippen LogP contribution in [0.1, 0.15) is 71.3 Å². The molecule has 6 heteroatoms. The van der Waals surface area contributed by atoms with Crippen molar-refractivity contribution in [2.45, 2.75) is 89.9 Å². The van der Waals surface area contributed by atoms with E-state index in [9.17, 15) is 4.79 Å². The Kier molecular flexibility index (Phi) is 7.07. The van der Waals surface area contributed by atoms with Crippen molar-refractivity contribution in [3.63, 3.8) is 0 Å². The second kappa shape index (κ2) is 9.97. The van der Waals surface area contributed by atoms with Gasteiger partial charge in [0.2, 0.25) is 0 Å². The number of benzene rings is 1. The summed E-state index contributed by atoms with van der Waals surface area (Å²) in [6.45, 7) is 7.41. The van der Waals surface area contributed by atoms with Crippen LogP contribution in [0, 0.1) is 5.92 Å². The normalized spacial score (nSPS) is 24.2. The number of hydrogen-bond donors (Lipinski definition) is 1. The third kappa shape index (κ3) is 5.84. The second-order valence-electron chi connectivity index (χ2n) is 10.3. The Morgan fingerprint density at radius 3 is 2.62 bits per heavy atom. The first-order chi connectivity index (χ1) is 15.4. The van der Waals surface area contributed by atoms with E-state index in [1.807, 2.05) is 42.6 Å². The predicted molar refractivity (Wildman–Crippen MR) is 128 cm³/mol. The number of carbonyl (C=O) groups excluding carboxylic acids is 1. The fourth-order valence-corrected chi connectivity index (χ4v) is 5.26. The summed E-state index contributed by atoms with van der Waals surface area (Å²) in [6, 6.07) is 11.0. The molecule has 1 N–H and O–H groups in total. The van der Waals surface area contributed by atoms with Crippen molar-refractivity contribution in [2.24, 2.45) is 5.92 Å². The molecule has 1 aromatic heterocycles. The molecule has 1 saturated carbocycles. The van der Waals surface area contributed by atoms with Crippen LogP contribution in [0.4, 0.5) is 10.5 Å². The van der Waals surface area contributed by atoms with Crippen LogP contribution in [-0.2, 0) is 11.3 Å². The Hall–Kier alpha value is -2.50. The number of hydrogen-bond acceptors (Lipinski definition) is 4. The molecule has 0 radical (unpaired) electrons. The van der Waals surface area contributed by atoms with Crippen LogP contribution in [-0.4, -0.2) is 45.0 Å². The van der Waals surface area contributed by atoms with E-state index in [4.69, 9.17) is 4.74 Å². The Morgan fingerprint density at radius 2 is 1.84 bits per heavy atom. The topological polar surface area (TPSA) is 59.4 Å². The summed E-state index contributed by atoms with van der Waals surface area (Å²) < 4.78 is 7.75. The van der Waals surface area contributed by atoms with Gasteiger partial charge in [0.25, 0.3) is 0 Å². The minimum atomic E-state index is -0.462. The summed E-state index contributed by atoms with van der Waals surface area (Å²) >= 11 is 0. The maximum absolute atomic E-state index is 13.0. The van der Waals surface area contributed by atoms with Crippen molar-refractivity contribution < 1.29 is 9.53 Å². The van der Waals surface area contributed by atoms with Gasteiger partial charge in [0, 0.05) is 24.8 Å². The third-order valence-electron chi connectivity index (χ3n) is 6.66. The summed E-state index contributed by atoms with van der Waals surface area (Å²) in [6.07, 6.45) is 11.9. The van der Waals surface area contributed by atoms with Gasteiger partial charge in [-0.1, -0.05) is 43.2 Å². The zero-order valence-corrected chi connectivity index (χ0v) is 19.8. The lowest BCUT2D eigenvalue weighted by Crippen LogP contribution is -2.53. The number of nitrogens with one attached hydrogen (secondary N) is 1. The van der Waals surface area contributed by atoms with E-state index >= 15 is 0 Å². The fraction of sp³-hybridized carbons (Fsp3) is 0.615. The summed E-state index contributed by atoms with van der Waals surface area (Å²) in [5.41, 5.74) is 1.85. The molecule has 1 amide bonds. The monoisotopic (exact) mass is 438 g/mol. The molecule has 3 unspecified atom stereocenters. The smallest absolute Gasteiger partial charge is 0.410 e. The molecule has 1 aromatic carbocycles. The molecule has 1 aliphatic heterocycles. The van der Waals surface area contributed by atoms with E-state index in [1.54, 1.807) is 0 Å². The first kappa shape index (κ1) is 22.7. The number of rotatable bonds is 5. The SMILES string of the molecule is CC(C)(C)OC(=O)N1CCCCC1C1CCCCC1Nc1cnn(Cc2ccccc2)c1. The van der Waals surface area contributed by atoms with Crippen molar-refractivity contribution in [1.29, 1.82) is 0 Å². The van der Waals surface area contributed by atoms with E-state index in [1.165, 1.54) is 24.8 Å². The van der Waals surface area contributed by atoms with Crippen LogP contribution in [0.15, 0.2) is 42.7 Å². The van der Waals surface area contributed by atoms with Crippen molar-refractivity contribution >= 4 is 11.8 Å². The summed E-state index contributed by atoms with van der Waals surface area (Å²) in [5, 5.41) is 8.35. The molecule has 2 fully saturated rings. The van der Waals surface area contributed by atoms with Crippen LogP contribution in [0.2, 0.25) is 0 Å². The maximum atomic E-state index is 13.0. The van der Waals surface area contributed by atoms with Gasteiger partial charge in [0.15, 0.2) is 0 Å². The van der Waals surface area contributed by atoms with Gasteiger partial charge in [-0.05, 0) is 64.4 Å². The lowest BCUT2D eigenvalue weighted by Gasteiger charge is -2.45. The highest BCUT2D eigenvalue weighted by Gasteiger charge is 2.39. The number of piperidine rings is 1. The number of ether oxygens (including phenoxy) is 1. The number of aromatic nitrogens is 2. The van der Waals surface area contributed by atoms with Crippen LogP contribution in [0.25, 0.3) is 0 Å². The predicted octanol–water partition coefficient (Wildman–Crippen LogP) is 5.69. The summed E-state index contributed by atoms with van der Waals surface area (Å²) in [7, 11) is 0. The second-order valence-corrected chi connectivity index (χ2v) is 10.3. The molecule has 1 saturated heterocycles. The van der Waals surface area contributed by atoms with Gasteiger partial charge >= 0.3 is 6.09 Å². The zero-order chi connectivity index (χ0) is 22.6. The highest BCUT2D eigenvalue weighted by Crippen LogP contribution is 2.36. The Balaban J connectivity index is 1.44. The van der Waals surface area contributed by atoms with Gasteiger partial charge in [-0.15, -0.1) is 0 Å². The van der Waals surface area contributed by atoms with E-state index in [0.717, 1.165) is 44.5 Å². The lowest BCUT2D eigenvalue weighted by molar-refractivity contribution is -0.00277. The van der Waals surface area contributed by atoms with Crippen molar-refractivity contribution in [1.82, 2.24) is 14.7 Å². The molecular weight excluding hydrogens is 400 g/mol. The highest BCUT2D eigenvalue weighted by atomic mass is 16.6. The largest absolute Gasteiger partial charge is 0.444 e. The molecule has 4 rings (SSSR count). The van der Waals surface area contributed by atoms with Gasteiger partial charge in [-0.25, -0.2) is 4.79 Å². The lowest BCUT2D eigenvalue weighted by atomic mass is 9.76. The van der Waals surface area contributed by atoms with Crippen molar-refractivity contribution in [2.75, 3.05) is 11.9 Å². The first-order valence-corrected chi connectivity index (χ1v) is 12.2. The van der Waals surface area contributed by atoms with E-state index in [0.29, 0.717) is 12.0 Å². The van der Waals surface area contributed by atoms with E-state index < -0.39 is 5.60 Å². The van der Waals surface area contributed by atoms with Gasteiger partial charge in [0.1, 0.15) is 5.60 Å². The molecule has 174 valence electrons. The van der Waals surface area contributed by atoms with Crippen LogP contribution >= 0.6 is 0 Å². The Labute approximate surface area is 192 Å². The molecule has 6 nitrogen and oxygen atoms in total. The fourth-order valence-electron chi connectivity index (χ4n) is 5.26. The molecule has 0 spiro atoms. The molecule has 2 aliphatic rings. The highest BCUT2D eigenvalue weighted by molar-refractivity contribution is 5.68. The number of carbonyl (C=O) groups is 1. The van der Waals surface area contributed by atoms with E-state index in [2.05, 4.69) is 40.9 Å². The molecule has 2 aromatic rings. The van der Waals surface area contributed by atoms with Crippen LogP contribution < -0.4 is 5.32 Å². The quantitative estimate of drug-likeness (QED) is 0.651. The Morgan fingerprint density at radius 1 is 1.09 bits per heavy atom. The molecule has 3 atom stereocenters. The van der Waals surface area contributed by atoms with Gasteiger partial charge in [-0.2, -0.15) is 5.10 Å². The average Bonchev–Trinajstić information content (AvgIpc) is 3.20. The molecular formula is C26H38N4O2. The van der Waals surface area contributed by atoms with Gasteiger partial charge < -0.3 is 15.0 Å². The first-order valence-electron chi connectivity index (χ1n) is 12.2. The van der Waals surface area contributed by atoms with Gasteiger partial charge in [0.05, 0.1) is 18.4 Å². The standard InChI is InChI=1S/C26H38N4O2/c1-26(2,3)32-25(31)30-16-10-9-15-24(30)22-13-7-8-14-23(22)28-21-17-27-29(19-21)18-20-11-5-4-6-12-20/h4-6,11-12,17,19,22-24,28H,7-10,13-16,18H2,1-3H3. The van der Waals surface area contributed by atoms with Crippen molar-refractivity contribution in [3.8, 4) is 0 Å². The molecule has 32 heavy (non-hydrogen) atoms. The number of amides is 1. The maximum Gasteiger partial charge on any atom is 0.410 e. The average molecular weight is 439 g/mol. The third-order valence-corrected chi connectivity index (χ3v) is 6.66. The van der Waals surface area contributed by atoms with Crippen LogP contribution in [0.3, 0.4) is 0 Å². The summed E-state index contributed by atoms with van der Waals surface area (Å²) in [5.74, 6) is 0.439.